The molecular formula is C18H18ClF3N4O. The largest absolute Gasteiger partial charge is 0.418 e. The van der Waals surface area contributed by atoms with Crippen LogP contribution in [0.4, 0.5) is 24.5 Å². The summed E-state index contributed by atoms with van der Waals surface area (Å²) in [5.41, 5.74) is 5.12. The minimum atomic E-state index is -4.54. The van der Waals surface area contributed by atoms with E-state index in [1.807, 2.05) is 0 Å². The van der Waals surface area contributed by atoms with Crippen LogP contribution in [0.5, 0.6) is 0 Å². The number of hydrogen-bond acceptors (Lipinski definition) is 4. The van der Waals surface area contributed by atoms with Crippen molar-refractivity contribution in [2.75, 3.05) is 5.32 Å². The van der Waals surface area contributed by atoms with E-state index in [1.54, 1.807) is 12.1 Å². The van der Waals surface area contributed by atoms with Crippen LogP contribution in [0, 0.1) is 0 Å². The van der Waals surface area contributed by atoms with Crippen LogP contribution in [0.1, 0.15) is 30.5 Å². The molecule has 1 fully saturated rings. The molecule has 0 aliphatic heterocycles. The highest BCUT2D eigenvalue weighted by molar-refractivity contribution is 6.30. The summed E-state index contributed by atoms with van der Waals surface area (Å²) in [6.45, 7) is 0.201. The molecule has 2 aromatic rings. The summed E-state index contributed by atoms with van der Waals surface area (Å²) in [5, 5.41) is 5.43. The Labute approximate surface area is 159 Å². The maximum absolute atomic E-state index is 13.1. The van der Waals surface area contributed by atoms with E-state index in [2.05, 4.69) is 15.6 Å². The van der Waals surface area contributed by atoms with Crippen LogP contribution < -0.4 is 16.4 Å². The lowest BCUT2D eigenvalue weighted by atomic mass is 9.77. The van der Waals surface area contributed by atoms with Crippen molar-refractivity contribution in [3.63, 3.8) is 0 Å². The number of nitrogens with two attached hydrogens (primary N) is 1. The molecule has 0 radical (unpaired) electrons. The van der Waals surface area contributed by atoms with E-state index in [-0.39, 0.29) is 23.2 Å². The summed E-state index contributed by atoms with van der Waals surface area (Å²) in [4.78, 5) is 16.2. The normalized spacial score (nSPS) is 15.7. The van der Waals surface area contributed by atoms with Crippen molar-refractivity contribution in [3.05, 3.63) is 52.8 Å². The zero-order chi connectivity index (χ0) is 19.7. The van der Waals surface area contributed by atoms with Crippen molar-refractivity contribution in [1.82, 2.24) is 10.3 Å². The molecular weight excluding hydrogens is 381 g/mol. The molecule has 0 bridgehead atoms. The van der Waals surface area contributed by atoms with Gasteiger partial charge in [0.05, 0.1) is 40.9 Å². The Kier molecular flexibility index (Phi) is 5.30. The third-order valence-corrected chi connectivity index (χ3v) is 4.75. The van der Waals surface area contributed by atoms with E-state index in [0.29, 0.717) is 24.2 Å². The van der Waals surface area contributed by atoms with Crippen LogP contribution in [0.3, 0.4) is 0 Å². The molecule has 27 heavy (non-hydrogen) atoms. The summed E-state index contributed by atoms with van der Waals surface area (Å²) in [6, 6.07) is 6.71. The third kappa shape index (κ3) is 4.51. The van der Waals surface area contributed by atoms with Crippen molar-refractivity contribution >= 4 is 28.9 Å². The fourth-order valence-electron chi connectivity index (χ4n) is 2.75. The Morgan fingerprint density at radius 1 is 1.26 bits per heavy atom. The molecule has 144 valence electrons. The smallest absolute Gasteiger partial charge is 0.354 e. The second kappa shape index (κ2) is 7.36. The van der Waals surface area contributed by atoms with Crippen LogP contribution in [0.2, 0.25) is 5.02 Å². The van der Waals surface area contributed by atoms with Crippen molar-refractivity contribution in [2.24, 2.45) is 5.73 Å². The molecule has 0 atom stereocenters. The Morgan fingerprint density at radius 3 is 2.56 bits per heavy atom. The first-order valence-electron chi connectivity index (χ1n) is 8.33. The van der Waals surface area contributed by atoms with Gasteiger partial charge in [0.2, 0.25) is 5.91 Å². The zero-order valence-corrected chi connectivity index (χ0v) is 15.0. The predicted octanol–water partition coefficient (Wildman–Crippen LogP) is 4.00. The third-order valence-electron chi connectivity index (χ3n) is 4.52. The summed E-state index contributed by atoms with van der Waals surface area (Å²) in [6.07, 6.45) is -0.870. The monoisotopic (exact) mass is 398 g/mol. The molecule has 1 aliphatic rings. The number of benzene rings is 1. The van der Waals surface area contributed by atoms with Crippen molar-refractivity contribution in [1.29, 1.82) is 0 Å². The lowest BCUT2D eigenvalue weighted by Gasteiger charge is -2.36. The number of halogens is 4. The number of rotatable bonds is 5. The average Bonchev–Trinajstić information content (AvgIpc) is 2.59. The van der Waals surface area contributed by atoms with E-state index < -0.39 is 17.3 Å². The molecule has 4 N–H and O–H groups in total. The summed E-state index contributed by atoms with van der Waals surface area (Å²) in [5.74, 6) is -0.214. The molecule has 0 saturated heterocycles. The number of carbonyl (C=O) groups is 1. The fraction of sp³-hybridized carbons (Fsp3) is 0.333. The molecule has 3 rings (SSSR count). The van der Waals surface area contributed by atoms with Gasteiger partial charge in [-0.3, -0.25) is 9.78 Å². The number of nitrogens with zero attached hydrogens (tertiary/aromatic N) is 1. The number of amides is 1. The number of aromatic nitrogens is 1. The number of hydrogen-bond donors (Lipinski definition) is 3. The molecule has 5 nitrogen and oxygen atoms in total. The van der Waals surface area contributed by atoms with Gasteiger partial charge in [0, 0.05) is 5.02 Å². The number of alkyl halides is 3. The number of pyridine rings is 1. The molecule has 1 saturated carbocycles. The minimum Gasteiger partial charge on any atom is -0.354 e. The molecule has 1 amide bonds. The molecule has 1 aromatic heterocycles. The Morgan fingerprint density at radius 2 is 2.00 bits per heavy atom. The predicted molar refractivity (Wildman–Crippen MR) is 96.6 cm³/mol. The van der Waals surface area contributed by atoms with Crippen LogP contribution in [0.25, 0.3) is 0 Å². The van der Waals surface area contributed by atoms with Crippen molar-refractivity contribution < 1.29 is 18.0 Å². The zero-order valence-electron chi connectivity index (χ0n) is 14.2. The van der Waals surface area contributed by atoms with Crippen LogP contribution in [-0.4, -0.2) is 16.4 Å². The molecule has 9 heteroatoms. The topological polar surface area (TPSA) is 80.0 Å². The minimum absolute atomic E-state index is 0.00114. The van der Waals surface area contributed by atoms with Gasteiger partial charge in [-0.25, -0.2) is 0 Å². The van der Waals surface area contributed by atoms with E-state index in [4.69, 9.17) is 17.3 Å². The van der Waals surface area contributed by atoms with E-state index >= 15 is 0 Å². The highest BCUT2D eigenvalue weighted by atomic mass is 35.5. The lowest BCUT2D eigenvalue weighted by Crippen LogP contribution is -2.58. The first kappa shape index (κ1) is 19.4. The Bertz CT molecular complexity index is 835. The van der Waals surface area contributed by atoms with Gasteiger partial charge in [-0.05, 0) is 49.6 Å². The number of carbonyl (C=O) groups excluding carboxylic acids is 1. The Hall–Kier alpha value is -2.32. The van der Waals surface area contributed by atoms with Gasteiger partial charge in [0.1, 0.15) is 0 Å². The SMILES string of the molecule is NC1(C(=O)NCc2ccc(Nc3ccc(Cl)cc3C(F)(F)F)cn2)CCC1. The fourth-order valence-corrected chi connectivity index (χ4v) is 2.92. The van der Waals surface area contributed by atoms with E-state index in [0.717, 1.165) is 12.5 Å². The maximum Gasteiger partial charge on any atom is 0.418 e. The molecule has 1 aliphatic carbocycles. The molecule has 1 aromatic carbocycles. The van der Waals surface area contributed by atoms with Crippen LogP contribution in [0.15, 0.2) is 36.5 Å². The van der Waals surface area contributed by atoms with Crippen molar-refractivity contribution in [3.8, 4) is 0 Å². The average molecular weight is 399 g/mol. The second-order valence-electron chi connectivity index (χ2n) is 6.54. The molecule has 0 unspecified atom stereocenters. The first-order valence-corrected chi connectivity index (χ1v) is 8.71. The molecule has 0 spiro atoms. The van der Waals surface area contributed by atoms with Crippen LogP contribution >= 0.6 is 11.6 Å². The standard InChI is InChI=1S/C18H18ClF3N4O/c19-11-2-5-15(14(8-11)18(20,21)22)26-13-4-3-12(24-10-13)9-25-16(27)17(23)6-1-7-17/h2-5,8,10,26H,1,6-7,9,23H2,(H,25,27). The van der Waals surface area contributed by atoms with Gasteiger partial charge in [0.15, 0.2) is 0 Å². The number of nitrogens with one attached hydrogen (secondary N) is 2. The highest BCUT2D eigenvalue weighted by Crippen LogP contribution is 2.37. The summed E-state index contributed by atoms with van der Waals surface area (Å²) >= 11 is 5.67. The highest BCUT2D eigenvalue weighted by Gasteiger charge is 2.39. The van der Waals surface area contributed by atoms with Gasteiger partial charge in [-0.15, -0.1) is 0 Å². The first-order chi connectivity index (χ1) is 12.7. The second-order valence-corrected chi connectivity index (χ2v) is 6.98. The quantitative estimate of drug-likeness (QED) is 0.711. The molecule has 1 heterocycles. The van der Waals surface area contributed by atoms with E-state index in [9.17, 15) is 18.0 Å². The van der Waals surface area contributed by atoms with Gasteiger partial charge in [-0.1, -0.05) is 11.6 Å². The summed E-state index contributed by atoms with van der Waals surface area (Å²) in [7, 11) is 0. The van der Waals surface area contributed by atoms with Crippen LogP contribution in [-0.2, 0) is 17.5 Å². The van der Waals surface area contributed by atoms with Gasteiger partial charge < -0.3 is 16.4 Å². The lowest BCUT2D eigenvalue weighted by molar-refractivity contribution is -0.137. The maximum atomic E-state index is 13.1. The number of anilines is 2. The summed E-state index contributed by atoms with van der Waals surface area (Å²) < 4.78 is 39.4. The Balaban J connectivity index is 1.65. The van der Waals surface area contributed by atoms with E-state index in [1.165, 1.54) is 18.3 Å². The van der Waals surface area contributed by atoms with Gasteiger partial charge in [-0.2, -0.15) is 13.2 Å². The van der Waals surface area contributed by atoms with Gasteiger partial charge >= 0.3 is 6.18 Å². The van der Waals surface area contributed by atoms with Crippen molar-refractivity contribution in [2.45, 2.75) is 37.5 Å². The van der Waals surface area contributed by atoms with Gasteiger partial charge in [0.25, 0.3) is 0 Å².